The van der Waals surface area contributed by atoms with E-state index in [9.17, 15) is 38.7 Å². The predicted octanol–water partition coefficient (Wildman–Crippen LogP) is 5.11. The third-order valence-corrected chi connectivity index (χ3v) is 12.1. The number of aliphatic hydroxyl groups is 5. The number of carbonyl (C=O) groups excluding carboxylic acids is 1. The third kappa shape index (κ3) is 10.1. The normalized spacial score (nSPS) is 16.3. The first-order valence-corrected chi connectivity index (χ1v) is 21.2. The Kier molecular flexibility index (Phi) is 13.5. The van der Waals surface area contributed by atoms with Gasteiger partial charge in [-0.1, -0.05) is 49.6 Å². The fraction of sp³-hybridized carbons (Fsp3) is 0.526. The van der Waals surface area contributed by atoms with Crippen molar-refractivity contribution in [3.05, 3.63) is 77.1 Å². The molecule has 0 aliphatic heterocycles. The topological polar surface area (TPSA) is 187 Å². The number of sulfone groups is 1. The van der Waals surface area contributed by atoms with Gasteiger partial charge in [0, 0.05) is 52.7 Å². The average molecular weight is 793 g/mol. The summed E-state index contributed by atoms with van der Waals surface area (Å²) in [4.78, 5) is 18.8. The first-order chi connectivity index (χ1) is 25.1. The van der Waals surface area contributed by atoms with Crippen molar-refractivity contribution in [1.29, 1.82) is 0 Å². The van der Waals surface area contributed by atoms with Gasteiger partial charge in [-0.3, -0.25) is 14.7 Å². The van der Waals surface area contributed by atoms with Crippen LogP contribution in [0, 0.1) is 0 Å². The molecule has 2 aliphatic carbocycles. The molecule has 1 aromatic heterocycles. The molecule has 0 saturated heterocycles. The Balaban J connectivity index is 1.20. The molecule has 0 radical (unpaired) electrons. The molecule has 12 nitrogen and oxygen atoms in total. The Bertz CT molecular complexity index is 1830. The number of benzene rings is 2. The van der Waals surface area contributed by atoms with Gasteiger partial charge in [0.05, 0.1) is 18.3 Å². The standard InChI is InChI=1S/C38H49ClN2O10S2/c1-3-4-5-12-34(42)41(38(46,47)37(44,45)35(43)53(2,48)49)21-8-9-22-52-28-15-16-32(39)26(23-28)25-50-36(18-19-36)31-24-40-20-17-29(31)30-10-6-7-11-33(30)51-27-13-14-27/h6-7,10-11,15-17,20,23-24,27,35,43-47H,3-5,8-9,12-14,18-19,21-22,25H2,1-2H3. The van der Waals surface area contributed by atoms with Gasteiger partial charge in [-0.25, -0.2) is 8.42 Å². The minimum atomic E-state index is -4.56. The van der Waals surface area contributed by atoms with E-state index in [-0.39, 0.29) is 32.1 Å². The monoisotopic (exact) mass is 792 g/mol. The molecule has 53 heavy (non-hydrogen) atoms. The summed E-state index contributed by atoms with van der Waals surface area (Å²) < 4.78 is 36.5. The number of amides is 1. The van der Waals surface area contributed by atoms with E-state index in [4.69, 9.17) is 21.1 Å². The molecular formula is C38H49ClN2O10S2. The molecule has 0 bridgehead atoms. The molecule has 15 heteroatoms. The van der Waals surface area contributed by atoms with Gasteiger partial charge in [0.15, 0.2) is 9.84 Å². The number of thioether (sulfide) groups is 1. The highest BCUT2D eigenvalue weighted by Crippen LogP contribution is 2.53. The zero-order valence-electron chi connectivity index (χ0n) is 30.0. The summed E-state index contributed by atoms with van der Waals surface area (Å²) in [6.07, 6.45) is 10.6. The molecule has 2 fully saturated rings. The van der Waals surface area contributed by atoms with Crippen LogP contribution >= 0.6 is 23.4 Å². The fourth-order valence-electron chi connectivity index (χ4n) is 6.06. The van der Waals surface area contributed by atoms with Crippen molar-refractivity contribution in [2.24, 2.45) is 0 Å². The van der Waals surface area contributed by atoms with Crippen molar-refractivity contribution in [3.8, 4) is 16.9 Å². The molecule has 3 aromatic rings. The smallest absolute Gasteiger partial charge is 0.309 e. The SMILES string of the molecule is CCCCCC(=O)N(CCCCSc1ccc(Cl)c(COC2(c3cnccc3-c3ccccc3OC3CC3)CC2)c1)C(O)(O)C(O)(O)C(O)S(C)(=O)=O. The van der Waals surface area contributed by atoms with Crippen LogP contribution < -0.4 is 4.74 Å². The van der Waals surface area contributed by atoms with E-state index in [1.165, 1.54) is 11.8 Å². The molecule has 5 N–H and O–H groups in total. The lowest BCUT2D eigenvalue weighted by Gasteiger charge is -2.43. The lowest BCUT2D eigenvalue weighted by atomic mass is 9.96. The third-order valence-electron chi connectivity index (χ3n) is 9.49. The Morgan fingerprint density at radius 2 is 1.79 bits per heavy atom. The Labute approximate surface area is 320 Å². The van der Waals surface area contributed by atoms with E-state index < -0.39 is 38.5 Å². The molecule has 2 aromatic carbocycles. The highest BCUT2D eigenvalue weighted by molar-refractivity contribution is 7.99. The molecule has 2 saturated carbocycles. The lowest BCUT2D eigenvalue weighted by Crippen LogP contribution is -2.71. The number of ether oxygens (including phenoxy) is 2. The second kappa shape index (κ2) is 17.3. The summed E-state index contributed by atoms with van der Waals surface area (Å²) >= 11 is 8.13. The molecular weight excluding hydrogens is 744 g/mol. The molecule has 1 amide bonds. The van der Waals surface area contributed by atoms with Crippen LogP contribution in [0.25, 0.3) is 11.1 Å². The van der Waals surface area contributed by atoms with Crippen molar-refractivity contribution in [1.82, 2.24) is 9.88 Å². The number of carbonyl (C=O) groups is 1. The molecule has 1 atom stereocenters. The van der Waals surface area contributed by atoms with Gasteiger partial charge in [-0.2, -0.15) is 0 Å². The van der Waals surface area contributed by atoms with Gasteiger partial charge in [-0.05, 0) is 92.2 Å². The Morgan fingerprint density at radius 3 is 2.47 bits per heavy atom. The zero-order valence-corrected chi connectivity index (χ0v) is 32.4. The maximum atomic E-state index is 13.0. The molecule has 2 aliphatic rings. The van der Waals surface area contributed by atoms with Gasteiger partial charge in [0.1, 0.15) is 5.75 Å². The van der Waals surface area contributed by atoms with Crippen molar-refractivity contribution in [3.63, 3.8) is 0 Å². The van der Waals surface area contributed by atoms with Crippen LogP contribution in [0.3, 0.4) is 0 Å². The first-order valence-electron chi connectivity index (χ1n) is 17.9. The van der Waals surface area contributed by atoms with Crippen LogP contribution in [0.4, 0.5) is 0 Å². The molecule has 1 heterocycles. The molecule has 0 spiro atoms. The van der Waals surface area contributed by atoms with Crippen molar-refractivity contribution >= 4 is 39.1 Å². The van der Waals surface area contributed by atoms with Gasteiger partial charge in [0.2, 0.25) is 11.3 Å². The number of pyridine rings is 1. The van der Waals surface area contributed by atoms with Crippen LogP contribution in [0.2, 0.25) is 5.02 Å². The first kappa shape index (κ1) is 41.4. The number of hydrogen-bond acceptors (Lipinski definition) is 12. The minimum absolute atomic E-state index is 0.141. The molecule has 290 valence electrons. The van der Waals surface area contributed by atoms with Crippen molar-refractivity contribution < 1.29 is 48.2 Å². The highest BCUT2D eigenvalue weighted by Gasteiger charge is 2.61. The maximum Gasteiger partial charge on any atom is 0.309 e. The van der Waals surface area contributed by atoms with Gasteiger partial charge in [0.25, 0.3) is 5.79 Å². The number of para-hydroxylation sites is 1. The van der Waals surface area contributed by atoms with E-state index in [0.717, 1.165) is 65.0 Å². The lowest BCUT2D eigenvalue weighted by molar-refractivity contribution is -0.416. The van der Waals surface area contributed by atoms with Crippen molar-refractivity contribution in [2.75, 3.05) is 18.6 Å². The van der Waals surface area contributed by atoms with Gasteiger partial charge in [-0.15, -0.1) is 11.8 Å². The van der Waals surface area contributed by atoms with Gasteiger partial charge >= 0.3 is 5.91 Å². The van der Waals surface area contributed by atoms with Crippen LogP contribution in [0.15, 0.2) is 65.8 Å². The zero-order chi connectivity index (χ0) is 38.4. The maximum absolute atomic E-state index is 13.0. The largest absolute Gasteiger partial charge is 0.490 e. The average Bonchev–Trinajstić information content (AvgIpc) is 4.07. The van der Waals surface area contributed by atoms with Crippen LogP contribution in [0.5, 0.6) is 5.75 Å². The molecule has 1 unspecified atom stereocenters. The second-order valence-electron chi connectivity index (χ2n) is 13.9. The fourth-order valence-corrected chi connectivity index (χ4v) is 7.96. The van der Waals surface area contributed by atoms with E-state index in [0.29, 0.717) is 41.2 Å². The van der Waals surface area contributed by atoms with E-state index in [1.54, 1.807) is 12.3 Å². The Morgan fingerprint density at radius 1 is 1.06 bits per heavy atom. The van der Waals surface area contributed by atoms with E-state index >= 15 is 0 Å². The number of aromatic nitrogens is 1. The number of aliphatic hydroxyl groups excluding tert-OH is 1. The number of halogens is 1. The van der Waals surface area contributed by atoms with Crippen LogP contribution in [-0.2, 0) is 31.6 Å². The minimum Gasteiger partial charge on any atom is -0.490 e. The number of rotatable bonds is 21. The highest BCUT2D eigenvalue weighted by atomic mass is 35.5. The van der Waals surface area contributed by atoms with E-state index in [2.05, 4.69) is 11.1 Å². The van der Waals surface area contributed by atoms with Crippen LogP contribution in [0.1, 0.15) is 82.3 Å². The second-order valence-corrected chi connectivity index (χ2v) is 17.6. The Hall–Kier alpha value is -2.79. The van der Waals surface area contributed by atoms with Gasteiger partial charge < -0.3 is 35.0 Å². The number of hydrogen-bond donors (Lipinski definition) is 5. The summed E-state index contributed by atoms with van der Waals surface area (Å²) in [5.41, 5.74) is 0.363. The summed E-state index contributed by atoms with van der Waals surface area (Å²) in [5, 5.41) is 52.9. The predicted molar refractivity (Wildman–Crippen MR) is 201 cm³/mol. The van der Waals surface area contributed by atoms with Crippen molar-refractivity contribution in [2.45, 2.75) is 111 Å². The van der Waals surface area contributed by atoms with E-state index in [1.807, 2.05) is 49.5 Å². The summed E-state index contributed by atoms with van der Waals surface area (Å²) in [6.45, 7) is 1.85. The molecule has 5 rings (SSSR count). The number of nitrogens with zero attached hydrogens (tertiary/aromatic N) is 2. The van der Waals surface area contributed by atoms with Crippen LogP contribution in [-0.4, -0.2) is 91.5 Å². The summed E-state index contributed by atoms with van der Waals surface area (Å²) in [7, 11) is -4.56. The summed E-state index contributed by atoms with van der Waals surface area (Å²) in [5.74, 6) is -7.20. The quantitative estimate of drug-likeness (QED) is 0.0546. The number of unbranched alkanes of at least 4 members (excludes halogenated alkanes) is 3. The summed E-state index contributed by atoms with van der Waals surface area (Å²) in [6, 6.07) is 15.7.